The third kappa shape index (κ3) is 5.03. The van der Waals surface area contributed by atoms with Gasteiger partial charge in [0.1, 0.15) is 0 Å². The zero-order valence-electron chi connectivity index (χ0n) is 14.9. The van der Waals surface area contributed by atoms with Crippen molar-refractivity contribution in [2.24, 2.45) is 0 Å². The topological polar surface area (TPSA) is 87.7 Å². The number of aryl methyl sites for hydroxylation is 1. The van der Waals surface area contributed by atoms with Crippen molar-refractivity contribution >= 4 is 15.9 Å². The fourth-order valence-corrected chi connectivity index (χ4v) is 4.69. The van der Waals surface area contributed by atoms with Crippen LogP contribution < -0.4 is 10.6 Å². The molecule has 0 aliphatic carbocycles. The fourth-order valence-electron chi connectivity index (χ4n) is 3.28. The van der Waals surface area contributed by atoms with Crippen molar-refractivity contribution < 1.29 is 17.9 Å². The van der Waals surface area contributed by atoms with Crippen molar-refractivity contribution in [3.8, 4) is 0 Å². The van der Waals surface area contributed by atoms with Gasteiger partial charge in [-0.2, -0.15) is 4.31 Å². The smallest absolute Gasteiger partial charge is 0.243 e. The molecule has 8 heteroatoms. The van der Waals surface area contributed by atoms with E-state index in [9.17, 15) is 13.2 Å². The van der Waals surface area contributed by atoms with E-state index < -0.39 is 10.0 Å². The van der Waals surface area contributed by atoms with E-state index in [1.807, 2.05) is 0 Å². The molecule has 2 aliphatic rings. The van der Waals surface area contributed by atoms with Crippen molar-refractivity contribution in [1.29, 1.82) is 0 Å². The van der Waals surface area contributed by atoms with Crippen LogP contribution in [0.15, 0.2) is 29.2 Å². The summed E-state index contributed by atoms with van der Waals surface area (Å²) in [6.45, 7) is 3.35. The zero-order chi connectivity index (χ0) is 18.4. The molecule has 26 heavy (non-hydrogen) atoms. The molecule has 2 heterocycles. The Morgan fingerprint density at radius 2 is 1.96 bits per heavy atom. The van der Waals surface area contributed by atoms with Crippen molar-refractivity contribution in [3.05, 3.63) is 29.8 Å². The largest absolute Gasteiger partial charge is 0.379 e. The molecular formula is C18H27N3O4S. The molecule has 2 aliphatic heterocycles. The Balaban J connectivity index is 1.48. The second kappa shape index (κ2) is 8.94. The number of morpholine rings is 1. The summed E-state index contributed by atoms with van der Waals surface area (Å²) in [5.41, 5.74) is 0.958. The number of carbonyl (C=O) groups excluding carboxylic acids is 1. The number of rotatable bonds is 7. The first-order valence-electron chi connectivity index (χ1n) is 9.22. The molecule has 3 rings (SSSR count). The molecule has 1 amide bonds. The van der Waals surface area contributed by atoms with Crippen LogP contribution in [-0.2, 0) is 26.0 Å². The lowest BCUT2D eigenvalue weighted by atomic mass is 10.1. The molecule has 0 radical (unpaired) electrons. The number of carbonyl (C=O) groups is 1. The van der Waals surface area contributed by atoms with Crippen molar-refractivity contribution in [3.63, 3.8) is 0 Å². The SMILES string of the molecule is O=C(CCc1ccc(S(=O)(=O)N2CCOCC2)cc1)NCC1CCCN1. The molecule has 1 atom stereocenters. The minimum atomic E-state index is -3.46. The van der Waals surface area contributed by atoms with E-state index in [0.29, 0.717) is 56.6 Å². The summed E-state index contributed by atoms with van der Waals surface area (Å²) in [6.07, 6.45) is 3.28. The van der Waals surface area contributed by atoms with Gasteiger partial charge >= 0.3 is 0 Å². The van der Waals surface area contributed by atoms with E-state index >= 15 is 0 Å². The minimum Gasteiger partial charge on any atom is -0.379 e. The zero-order valence-corrected chi connectivity index (χ0v) is 15.8. The Kier molecular flexibility index (Phi) is 6.63. The van der Waals surface area contributed by atoms with Gasteiger partial charge in [-0.15, -0.1) is 0 Å². The van der Waals surface area contributed by atoms with Crippen molar-refractivity contribution in [2.75, 3.05) is 39.4 Å². The van der Waals surface area contributed by atoms with Gasteiger partial charge in [0.15, 0.2) is 0 Å². The van der Waals surface area contributed by atoms with Crippen LogP contribution in [0.5, 0.6) is 0 Å². The van der Waals surface area contributed by atoms with E-state index in [2.05, 4.69) is 10.6 Å². The third-order valence-corrected chi connectivity index (χ3v) is 6.79. The van der Waals surface area contributed by atoms with Crippen LogP contribution in [0, 0.1) is 0 Å². The number of hydrogen-bond acceptors (Lipinski definition) is 5. The third-order valence-electron chi connectivity index (χ3n) is 4.88. The van der Waals surface area contributed by atoms with Crippen LogP contribution in [0.4, 0.5) is 0 Å². The molecule has 0 bridgehead atoms. The van der Waals surface area contributed by atoms with Crippen LogP contribution in [0.1, 0.15) is 24.8 Å². The van der Waals surface area contributed by atoms with E-state index in [-0.39, 0.29) is 5.91 Å². The highest BCUT2D eigenvalue weighted by atomic mass is 32.2. The van der Waals surface area contributed by atoms with Crippen LogP contribution in [-0.4, -0.2) is 64.1 Å². The average molecular weight is 381 g/mol. The summed E-state index contributed by atoms with van der Waals surface area (Å²) < 4.78 is 31.8. The van der Waals surface area contributed by atoms with E-state index in [4.69, 9.17) is 4.74 Å². The van der Waals surface area contributed by atoms with Gasteiger partial charge < -0.3 is 15.4 Å². The highest BCUT2D eigenvalue weighted by Crippen LogP contribution is 2.18. The second-order valence-electron chi connectivity index (χ2n) is 6.76. The van der Waals surface area contributed by atoms with Crippen LogP contribution in [0.3, 0.4) is 0 Å². The quantitative estimate of drug-likeness (QED) is 0.719. The van der Waals surface area contributed by atoms with E-state index in [1.165, 1.54) is 10.7 Å². The molecule has 0 saturated carbocycles. The minimum absolute atomic E-state index is 0.0312. The maximum absolute atomic E-state index is 12.6. The number of amides is 1. The van der Waals surface area contributed by atoms with Gasteiger partial charge in [0.05, 0.1) is 18.1 Å². The predicted molar refractivity (Wildman–Crippen MR) is 98.4 cm³/mol. The molecule has 144 valence electrons. The first kappa shape index (κ1) is 19.3. The van der Waals surface area contributed by atoms with E-state index in [1.54, 1.807) is 24.3 Å². The maximum atomic E-state index is 12.6. The molecule has 7 nitrogen and oxygen atoms in total. The Bertz CT molecular complexity index is 694. The summed E-state index contributed by atoms with van der Waals surface area (Å²) in [4.78, 5) is 12.2. The fraction of sp³-hybridized carbons (Fsp3) is 0.611. The number of nitrogens with zero attached hydrogens (tertiary/aromatic N) is 1. The highest BCUT2D eigenvalue weighted by molar-refractivity contribution is 7.89. The number of sulfonamides is 1. The Morgan fingerprint density at radius 3 is 2.62 bits per heavy atom. The predicted octanol–water partition coefficient (Wildman–Crippen LogP) is 0.508. The molecule has 0 aromatic heterocycles. The Hall–Kier alpha value is -1.48. The van der Waals surface area contributed by atoms with E-state index in [0.717, 1.165) is 18.5 Å². The van der Waals surface area contributed by atoms with Gasteiger partial charge in [0, 0.05) is 32.1 Å². The second-order valence-corrected chi connectivity index (χ2v) is 8.70. The highest BCUT2D eigenvalue weighted by Gasteiger charge is 2.26. The standard InChI is InChI=1S/C18H27N3O4S/c22-18(20-14-16-2-1-9-19-16)8-5-15-3-6-17(7-4-15)26(23,24)21-10-12-25-13-11-21/h3-4,6-7,16,19H,1-2,5,8-14H2,(H,20,22). The van der Waals surface area contributed by atoms with Crippen molar-refractivity contribution in [1.82, 2.24) is 14.9 Å². The Morgan fingerprint density at radius 1 is 1.23 bits per heavy atom. The summed E-state index contributed by atoms with van der Waals surface area (Å²) in [5.74, 6) is 0.0312. The van der Waals surface area contributed by atoms with Gasteiger partial charge in [0.2, 0.25) is 15.9 Å². The molecule has 1 aromatic carbocycles. The first-order valence-corrected chi connectivity index (χ1v) is 10.7. The molecule has 2 N–H and O–H groups in total. The van der Waals surface area contributed by atoms with Gasteiger partial charge in [-0.3, -0.25) is 4.79 Å². The summed E-state index contributed by atoms with van der Waals surface area (Å²) in [5, 5.41) is 6.31. The van der Waals surface area contributed by atoms with Gasteiger partial charge in [-0.05, 0) is 43.5 Å². The van der Waals surface area contributed by atoms with Crippen LogP contribution in [0.2, 0.25) is 0 Å². The monoisotopic (exact) mass is 381 g/mol. The lowest BCUT2D eigenvalue weighted by molar-refractivity contribution is -0.121. The molecular weight excluding hydrogens is 354 g/mol. The van der Waals surface area contributed by atoms with Crippen LogP contribution >= 0.6 is 0 Å². The lowest BCUT2D eigenvalue weighted by Gasteiger charge is -2.26. The average Bonchev–Trinajstić information content (AvgIpc) is 3.19. The number of benzene rings is 1. The van der Waals surface area contributed by atoms with Crippen molar-refractivity contribution in [2.45, 2.75) is 36.6 Å². The molecule has 1 aromatic rings. The summed E-state index contributed by atoms with van der Waals surface area (Å²) in [7, 11) is -3.46. The Labute approximate surface area is 155 Å². The summed E-state index contributed by atoms with van der Waals surface area (Å²) >= 11 is 0. The first-order chi connectivity index (χ1) is 12.6. The number of ether oxygens (including phenoxy) is 1. The molecule has 0 spiro atoms. The molecule has 2 saturated heterocycles. The molecule has 2 fully saturated rings. The van der Waals surface area contributed by atoms with Gasteiger partial charge in [-0.1, -0.05) is 12.1 Å². The van der Waals surface area contributed by atoms with Gasteiger partial charge in [0.25, 0.3) is 0 Å². The number of hydrogen-bond donors (Lipinski definition) is 2. The number of nitrogens with one attached hydrogen (secondary N) is 2. The molecule has 1 unspecified atom stereocenters. The summed E-state index contributed by atoms with van der Waals surface area (Å²) in [6, 6.07) is 7.22. The maximum Gasteiger partial charge on any atom is 0.243 e. The van der Waals surface area contributed by atoms with Gasteiger partial charge in [-0.25, -0.2) is 8.42 Å². The van der Waals surface area contributed by atoms with Crippen LogP contribution in [0.25, 0.3) is 0 Å². The lowest BCUT2D eigenvalue weighted by Crippen LogP contribution is -2.40. The normalized spacial score (nSPS) is 21.6.